The first-order valence-corrected chi connectivity index (χ1v) is 11.9. The van der Waals surface area contributed by atoms with Gasteiger partial charge in [0.15, 0.2) is 4.21 Å². The highest BCUT2D eigenvalue weighted by Crippen LogP contribution is 2.29. The summed E-state index contributed by atoms with van der Waals surface area (Å²) in [6.45, 7) is 6.42. The van der Waals surface area contributed by atoms with Crippen molar-refractivity contribution in [3.8, 4) is 0 Å². The van der Waals surface area contributed by atoms with E-state index in [4.69, 9.17) is 0 Å². The maximum Gasteiger partial charge on any atom is 0.273 e. The molecule has 1 aliphatic rings. The summed E-state index contributed by atoms with van der Waals surface area (Å²) in [5.41, 5.74) is 2.13. The summed E-state index contributed by atoms with van der Waals surface area (Å²) in [6, 6.07) is 8.01. The Morgan fingerprint density at radius 2 is 1.93 bits per heavy atom. The molecule has 1 heterocycles. The van der Waals surface area contributed by atoms with Gasteiger partial charge in [-0.3, -0.25) is 4.72 Å². The smallest absolute Gasteiger partial charge is 0.273 e. The van der Waals surface area contributed by atoms with Crippen LogP contribution < -0.4 is 10.0 Å². The van der Waals surface area contributed by atoms with E-state index in [0.717, 1.165) is 16.5 Å². The number of rotatable bonds is 8. The summed E-state index contributed by atoms with van der Waals surface area (Å²) >= 11 is 1.21. The van der Waals surface area contributed by atoms with Gasteiger partial charge in [0, 0.05) is 12.6 Å². The van der Waals surface area contributed by atoms with Gasteiger partial charge >= 0.3 is 0 Å². The van der Waals surface area contributed by atoms with Crippen molar-refractivity contribution in [1.29, 1.82) is 0 Å². The van der Waals surface area contributed by atoms with Crippen molar-refractivity contribution in [2.24, 2.45) is 5.92 Å². The summed E-state index contributed by atoms with van der Waals surface area (Å²) < 4.78 is 28.6. The lowest BCUT2D eigenvalue weighted by molar-refractivity contribution is 0.404. The molecule has 1 atom stereocenters. The van der Waals surface area contributed by atoms with Crippen LogP contribution in [0.15, 0.2) is 28.5 Å². The van der Waals surface area contributed by atoms with E-state index in [1.165, 1.54) is 43.4 Å². The lowest BCUT2D eigenvalue weighted by atomic mass is 9.99. The van der Waals surface area contributed by atoms with Crippen LogP contribution in [0.2, 0.25) is 0 Å². The Morgan fingerprint density at radius 1 is 1.22 bits per heavy atom. The normalized spacial score (nSPS) is 16.6. The number of hydrogen-bond donors (Lipinski definition) is 2. The molecular weight excluding hydrogens is 378 g/mol. The van der Waals surface area contributed by atoms with Crippen LogP contribution in [0.5, 0.6) is 0 Å². The predicted octanol–water partition coefficient (Wildman–Crippen LogP) is 4.62. The number of sulfonamides is 1. The van der Waals surface area contributed by atoms with E-state index >= 15 is 0 Å². The van der Waals surface area contributed by atoms with Crippen molar-refractivity contribution in [2.75, 3.05) is 4.72 Å². The molecular formula is C20H29N3O2S2. The number of nitrogens with one attached hydrogen (secondary N) is 2. The molecule has 148 valence electrons. The van der Waals surface area contributed by atoms with Gasteiger partial charge in [-0.05, 0) is 44.7 Å². The van der Waals surface area contributed by atoms with Crippen molar-refractivity contribution in [2.45, 2.75) is 69.7 Å². The first kappa shape index (κ1) is 20.3. The van der Waals surface area contributed by atoms with Crippen LogP contribution in [0.4, 0.5) is 5.69 Å². The SMILES string of the molecule is Cc1nc(C)c(S(=O)(=O)Nc2ccccc2CN[C@@H](C)CC2CCCC2)s1. The number of benzene rings is 1. The fourth-order valence-corrected chi connectivity index (χ4v) is 6.43. The molecule has 0 amide bonds. The van der Waals surface area contributed by atoms with Gasteiger partial charge in [-0.2, -0.15) is 0 Å². The van der Waals surface area contributed by atoms with Crippen molar-refractivity contribution in [1.82, 2.24) is 10.3 Å². The van der Waals surface area contributed by atoms with Crippen molar-refractivity contribution in [3.63, 3.8) is 0 Å². The second kappa shape index (κ2) is 8.71. The van der Waals surface area contributed by atoms with Crippen LogP contribution in [0.25, 0.3) is 0 Å². The lowest BCUT2D eigenvalue weighted by Gasteiger charge is -2.19. The van der Waals surface area contributed by atoms with E-state index in [2.05, 4.69) is 21.9 Å². The summed E-state index contributed by atoms with van der Waals surface area (Å²) in [5.74, 6) is 0.832. The van der Waals surface area contributed by atoms with Crippen LogP contribution in [0.3, 0.4) is 0 Å². The van der Waals surface area contributed by atoms with E-state index in [9.17, 15) is 8.42 Å². The average Bonchev–Trinajstić information content (AvgIpc) is 3.23. The minimum atomic E-state index is -3.62. The fourth-order valence-electron chi connectivity index (χ4n) is 3.84. The number of para-hydroxylation sites is 1. The maximum atomic E-state index is 12.8. The monoisotopic (exact) mass is 407 g/mol. The Balaban J connectivity index is 1.67. The van der Waals surface area contributed by atoms with Gasteiger partial charge in [0.05, 0.1) is 16.4 Å². The highest BCUT2D eigenvalue weighted by atomic mass is 32.2. The summed E-state index contributed by atoms with van der Waals surface area (Å²) in [6.07, 6.45) is 6.59. The lowest BCUT2D eigenvalue weighted by Crippen LogP contribution is -2.28. The number of hydrogen-bond acceptors (Lipinski definition) is 5. The minimum Gasteiger partial charge on any atom is -0.310 e. The Kier molecular flexibility index (Phi) is 6.55. The van der Waals surface area contributed by atoms with Gasteiger partial charge in [0.25, 0.3) is 10.0 Å². The molecule has 1 fully saturated rings. The molecule has 0 aliphatic heterocycles. The molecule has 1 aromatic heterocycles. The molecule has 7 heteroatoms. The molecule has 0 spiro atoms. The largest absolute Gasteiger partial charge is 0.310 e. The summed E-state index contributed by atoms with van der Waals surface area (Å²) in [7, 11) is -3.62. The summed E-state index contributed by atoms with van der Waals surface area (Å²) in [4.78, 5) is 4.24. The van der Waals surface area contributed by atoms with Crippen molar-refractivity contribution < 1.29 is 8.42 Å². The van der Waals surface area contributed by atoms with Gasteiger partial charge in [-0.1, -0.05) is 43.9 Å². The third-order valence-electron chi connectivity index (χ3n) is 5.17. The van der Waals surface area contributed by atoms with Crippen LogP contribution >= 0.6 is 11.3 Å². The van der Waals surface area contributed by atoms with Gasteiger partial charge in [-0.15, -0.1) is 11.3 Å². The highest BCUT2D eigenvalue weighted by Gasteiger charge is 2.22. The number of thiazole rings is 1. The van der Waals surface area contributed by atoms with Crippen molar-refractivity contribution >= 4 is 27.0 Å². The molecule has 3 rings (SSSR count). The molecule has 27 heavy (non-hydrogen) atoms. The van der Waals surface area contributed by atoms with Gasteiger partial charge in [0.2, 0.25) is 0 Å². The second-order valence-electron chi connectivity index (χ2n) is 7.54. The Morgan fingerprint density at radius 3 is 2.59 bits per heavy atom. The van der Waals surface area contributed by atoms with Crippen LogP contribution in [0, 0.1) is 19.8 Å². The van der Waals surface area contributed by atoms with Gasteiger partial charge < -0.3 is 5.32 Å². The zero-order valence-electron chi connectivity index (χ0n) is 16.3. The van der Waals surface area contributed by atoms with Crippen molar-refractivity contribution in [3.05, 3.63) is 40.5 Å². The standard InChI is InChI=1S/C20H29N3O2S2/c1-14(12-17-8-4-5-9-17)21-13-18-10-6-7-11-19(18)23-27(24,25)20-15(2)22-16(3)26-20/h6-7,10-11,14,17,21,23H,4-5,8-9,12-13H2,1-3H3/t14-/m0/s1. The molecule has 0 radical (unpaired) electrons. The van der Waals surface area contributed by atoms with Crippen LogP contribution in [-0.4, -0.2) is 19.4 Å². The minimum absolute atomic E-state index is 0.289. The van der Waals surface area contributed by atoms with Crippen LogP contribution in [0.1, 0.15) is 55.3 Å². The fraction of sp³-hybridized carbons (Fsp3) is 0.550. The van der Waals surface area contributed by atoms with Gasteiger partial charge in [-0.25, -0.2) is 13.4 Å². The number of aromatic nitrogens is 1. The third kappa shape index (κ3) is 5.30. The molecule has 1 aromatic carbocycles. The molecule has 0 bridgehead atoms. The molecule has 2 aromatic rings. The van der Waals surface area contributed by atoms with Gasteiger partial charge in [0.1, 0.15) is 0 Å². The molecule has 0 unspecified atom stereocenters. The molecule has 0 saturated heterocycles. The first-order valence-electron chi connectivity index (χ1n) is 9.63. The van der Waals surface area contributed by atoms with E-state index in [-0.39, 0.29) is 4.21 Å². The van der Waals surface area contributed by atoms with Crippen LogP contribution in [-0.2, 0) is 16.6 Å². The molecule has 5 nitrogen and oxygen atoms in total. The maximum absolute atomic E-state index is 12.8. The highest BCUT2D eigenvalue weighted by molar-refractivity contribution is 7.94. The molecule has 2 N–H and O–H groups in total. The summed E-state index contributed by atoms with van der Waals surface area (Å²) in [5, 5.41) is 4.32. The Bertz CT molecular complexity index is 871. The van der Waals surface area contributed by atoms with E-state index in [1.807, 2.05) is 31.2 Å². The van der Waals surface area contributed by atoms with E-state index in [0.29, 0.717) is 24.0 Å². The Hall–Kier alpha value is -1.44. The zero-order chi connectivity index (χ0) is 19.4. The number of aryl methyl sites for hydroxylation is 2. The van der Waals surface area contributed by atoms with E-state index in [1.54, 1.807) is 6.92 Å². The first-order chi connectivity index (χ1) is 12.8. The number of anilines is 1. The van der Waals surface area contributed by atoms with E-state index < -0.39 is 10.0 Å². The third-order valence-corrected chi connectivity index (χ3v) is 8.22. The zero-order valence-corrected chi connectivity index (χ0v) is 17.9. The molecule has 1 aliphatic carbocycles. The number of nitrogens with zero attached hydrogens (tertiary/aromatic N) is 1. The molecule has 1 saturated carbocycles. The average molecular weight is 408 g/mol. The quantitative estimate of drug-likeness (QED) is 0.670. The topological polar surface area (TPSA) is 71.1 Å². The Labute approximate surface area is 166 Å². The second-order valence-corrected chi connectivity index (χ2v) is 10.6. The predicted molar refractivity (Wildman–Crippen MR) is 112 cm³/mol.